The van der Waals surface area contributed by atoms with Gasteiger partial charge in [-0.25, -0.2) is 4.98 Å². The van der Waals surface area contributed by atoms with Crippen molar-refractivity contribution in [2.75, 3.05) is 5.32 Å². The highest BCUT2D eigenvalue weighted by molar-refractivity contribution is 6.00. The van der Waals surface area contributed by atoms with Crippen LogP contribution in [0.2, 0.25) is 0 Å². The summed E-state index contributed by atoms with van der Waals surface area (Å²) in [5.41, 5.74) is 4.52. The molecule has 3 rings (SSSR count). The molecule has 122 valence electrons. The molecule has 0 saturated carbocycles. The Morgan fingerprint density at radius 1 is 1.04 bits per heavy atom. The van der Waals surface area contributed by atoms with Crippen LogP contribution in [-0.2, 0) is 4.79 Å². The van der Waals surface area contributed by atoms with E-state index in [0.717, 1.165) is 22.2 Å². The number of anilines is 1. The molecule has 0 aliphatic heterocycles. The number of nitrogens with zero attached hydrogens (tertiary/aromatic N) is 1. The van der Waals surface area contributed by atoms with Crippen LogP contribution in [0.3, 0.4) is 0 Å². The number of aryl methyl sites for hydroxylation is 2. The van der Waals surface area contributed by atoms with E-state index >= 15 is 0 Å². The summed E-state index contributed by atoms with van der Waals surface area (Å²) in [6, 6.07) is 13.1. The SMILES string of the molecule is Cc1ccc(C(=O)CCC(=O)Nc2nc3ccccc3[nH]2)cc1C. The molecule has 0 bridgehead atoms. The second-order valence-corrected chi connectivity index (χ2v) is 5.87. The average Bonchev–Trinajstić information content (AvgIpc) is 2.97. The molecule has 24 heavy (non-hydrogen) atoms. The Bertz CT molecular complexity index is 879. The standard InChI is InChI=1S/C19H19N3O2/c1-12-7-8-14(11-13(12)2)17(23)9-10-18(24)22-19-20-15-5-3-4-6-16(15)21-19/h3-8,11H,9-10H2,1-2H3,(H2,20,21,22,24). The Kier molecular flexibility index (Phi) is 4.42. The molecule has 1 amide bonds. The second-order valence-electron chi connectivity index (χ2n) is 5.87. The maximum atomic E-state index is 12.2. The van der Waals surface area contributed by atoms with Gasteiger partial charge in [0.15, 0.2) is 5.78 Å². The molecule has 0 spiro atoms. The Labute approximate surface area is 140 Å². The van der Waals surface area contributed by atoms with Gasteiger partial charge in [-0.05, 0) is 43.2 Å². The first-order valence-electron chi connectivity index (χ1n) is 7.88. The quantitative estimate of drug-likeness (QED) is 0.702. The van der Waals surface area contributed by atoms with E-state index in [4.69, 9.17) is 0 Å². The van der Waals surface area contributed by atoms with Crippen molar-refractivity contribution >= 4 is 28.7 Å². The van der Waals surface area contributed by atoms with E-state index in [0.29, 0.717) is 11.5 Å². The Hall–Kier alpha value is -2.95. The maximum Gasteiger partial charge on any atom is 0.227 e. The van der Waals surface area contributed by atoms with Crippen LogP contribution in [0.5, 0.6) is 0 Å². The Morgan fingerprint density at radius 3 is 2.58 bits per heavy atom. The molecule has 2 N–H and O–H groups in total. The van der Waals surface area contributed by atoms with Crippen molar-refractivity contribution in [1.82, 2.24) is 9.97 Å². The third-order valence-electron chi connectivity index (χ3n) is 4.06. The topological polar surface area (TPSA) is 74.8 Å². The highest BCUT2D eigenvalue weighted by Gasteiger charge is 2.11. The largest absolute Gasteiger partial charge is 0.324 e. The number of Topliss-reactive ketones (excluding diaryl/α,β-unsaturated/α-hetero) is 1. The molecule has 0 saturated heterocycles. The zero-order chi connectivity index (χ0) is 17.1. The van der Waals surface area contributed by atoms with E-state index in [2.05, 4.69) is 15.3 Å². The van der Waals surface area contributed by atoms with Gasteiger partial charge in [-0.2, -0.15) is 0 Å². The number of hydrogen-bond donors (Lipinski definition) is 2. The van der Waals surface area contributed by atoms with Crippen LogP contribution in [0.4, 0.5) is 5.95 Å². The van der Waals surface area contributed by atoms with Crippen LogP contribution in [0, 0.1) is 13.8 Å². The third-order valence-corrected chi connectivity index (χ3v) is 4.06. The highest BCUT2D eigenvalue weighted by atomic mass is 16.2. The molecule has 3 aromatic rings. The van der Waals surface area contributed by atoms with E-state index in [1.54, 1.807) is 0 Å². The van der Waals surface area contributed by atoms with Crippen molar-refractivity contribution in [3.8, 4) is 0 Å². The zero-order valence-electron chi connectivity index (χ0n) is 13.7. The van der Waals surface area contributed by atoms with Gasteiger partial charge in [0.05, 0.1) is 11.0 Å². The van der Waals surface area contributed by atoms with Gasteiger partial charge >= 0.3 is 0 Å². The molecule has 0 radical (unpaired) electrons. The molecule has 1 heterocycles. The van der Waals surface area contributed by atoms with Crippen LogP contribution in [-0.4, -0.2) is 21.7 Å². The number of benzene rings is 2. The molecular weight excluding hydrogens is 302 g/mol. The Balaban J connectivity index is 1.58. The monoisotopic (exact) mass is 321 g/mol. The first kappa shape index (κ1) is 15.9. The lowest BCUT2D eigenvalue weighted by Gasteiger charge is -2.05. The van der Waals surface area contributed by atoms with Gasteiger partial charge < -0.3 is 4.98 Å². The van der Waals surface area contributed by atoms with Gasteiger partial charge in [0.2, 0.25) is 11.9 Å². The van der Waals surface area contributed by atoms with Gasteiger partial charge in [-0.15, -0.1) is 0 Å². The summed E-state index contributed by atoms with van der Waals surface area (Å²) in [4.78, 5) is 31.5. The molecule has 0 aliphatic carbocycles. The van der Waals surface area contributed by atoms with Crippen LogP contribution in [0.25, 0.3) is 11.0 Å². The number of amides is 1. The number of carbonyl (C=O) groups is 2. The average molecular weight is 321 g/mol. The number of ketones is 1. The minimum absolute atomic E-state index is 0.0298. The van der Waals surface area contributed by atoms with Crippen LogP contribution < -0.4 is 5.32 Å². The van der Waals surface area contributed by atoms with Gasteiger partial charge in [-0.1, -0.05) is 24.3 Å². The second kappa shape index (κ2) is 6.66. The predicted octanol–water partition coefficient (Wildman–Crippen LogP) is 3.78. The van der Waals surface area contributed by atoms with Crippen molar-refractivity contribution in [3.05, 3.63) is 59.2 Å². The predicted molar refractivity (Wildman–Crippen MR) is 94.2 cm³/mol. The maximum absolute atomic E-state index is 12.2. The summed E-state index contributed by atoms with van der Waals surface area (Å²) in [5.74, 6) is 0.143. The summed E-state index contributed by atoms with van der Waals surface area (Å²) in [6.07, 6.45) is 0.303. The van der Waals surface area contributed by atoms with Gasteiger partial charge in [0.25, 0.3) is 0 Å². The van der Waals surface area contributed by atoms with Crippen molar-refractivity contribution < 1.29 is 9.59 Å². The van der Waals surface area contributed by atoms with Crippen LogP contribution in [0.1, 0.15) is 34.3 Å². The molecule has 0 fully saturated rings. The molecule has 0 aliphatic rings. The van der Waals surface area contributed by atoms with Gasteiger partial charge in [-0.3, -0.25) is 14.9 Å². The molecule has 2 aromatic carbocycles. The van der Waals surface area contributed by atoms with Crippen LogP contribution in [0.15, 0.2) is 42.5 Å². The molecule has 0 unspecified atom stereocenters. The number of para-hydroxylation sites is 2. The molecule has 1 aromatic heterocycles. The van der Waals surface area contributed by atoms with Crippen molar-refractivity contribution in [3.63, 3.8) is 0 Å². The number of carbonyl (C=O) groups excluding carboxylic acids is 2. The van der Waals surface area contributed by atoms with Crippen LogP contribution >= 0.6 is 0 Å². The summed E-state index contributed by atoms with van der Waals surface area (Å²) >= 11 is 0. The minimum atomic E-state index is -0.230. The van der Waals surface area contributed by atoms with E-state index in [1.165, 1.54) is 0 Å². The fourth-order valence-corrected chi connectivity index (χ4v) is 2.49. The summed E-state index contributed by atoms with van der Waals surface area (Å²) in [7, 11) is 0. The number of imidazole rings is 1. The number of nitrogens with one attached hydrogen (secondary N) is 2. The minimum Gasteiger partial charge on any atom is -0.324 e. The third kappa shape index (κ3) is 3.51. The van der Waals surface area contributed by atoms with E-state index in [9.17, 15) is 9.59 Å². The number of fused-ring (bicyclic) bond motifs is 1. The zero-order valence-corrected chi connectivity index (χ0v) is 13.7. The first-order chi connectivity index (χ1) is 11.5. The lowest BCUT2D eigenvalue weighted by molar-refractivity contribution is -0.116. The summed E-state index contributed by atoms with van der Waals surface area (Å²) < 4.78 is 0. The van der Waals surface area contributed by atoms with Crippen molar-refractivity contribution in [1.29, 1.82) is 0 Å². The van der Waals surface area contributed by atoms with Gasteiger partial charge in [0.1, 0.15) is 0 Å². The molecule has 5 heteroatoms. The first-order valence-corrected chi connectivity index (χ1v) is 7.88. The number of rotatable bonds is 5. The molecular formula is C19H19N3O2. The Morgan fingerprint density at radius 2 is 1.83 bits per heavy atom. The number of H-pyrrole nitrogens is 1. The fourth-order valence-electron chi connectivity index (χ4n) is 2.49. The summed E-state index contributed by atoms with van der Waals surface area (Å²) in [5, 5.41) is 2.70. The molecule has 5 nitrogen and oxygen atoms in total. The fraction of sp³-hybridized carbons (Fsp3) is 0.211. The smallest absolute Gasteiger partial charge is 0.227 e. The van der Waals surface area contributed by atoms with Gasteiger partial charge in [0, 0.05) is 18.4 Å². The number of aromatic amines is 1. The number of hydrogen-bond acceptors (Lipinski definition) is 3. The molecule has 0 atom stereocenters. The van der Waals surface area contributed by atoms with E-state index in [-0.39, 0.29) is 24.5 Å². The number of aromatic nitrogens is 2. The highest BCUT2D eigenvalue weighted by Crippen LogP contribution is 2.15. The normalized spacial score (nSPS) is 10.8. The van der Waals surface area contributed by atoms with Crippen molar-refractivity contribution in [2.24, 2.45) is 0 Å². The van der Waals surface area contributed by atoms with Crippen molar-refractivity contribution in [2.45, 2.75) is 26.7 Å². The lowest BCUT2D eigenvalue weighted by Crippen LogP contribution is -2.14. The van der Waals surface area contributed by atoms with E-state index in [1.807, 2.05) is 56.3 Å². The van der Waals surface area contributed by atoms with E-state index < -0.39 is 0 Å². The summed E-state index contributed by atoms with van der Waals surface area (Å²) in [6.45, 7) is 3.98. The lowest BCUT2D eigenvalue weighted by atomic mass is 10.0.